The van der Waals surface area contributed by atoms with Crippen LogP contribution in [0, 0.1) is 0 Å². The molecule has 0 radical (unpaired) electrons. The topological polar surface area (TPSA) is 130 Å². The van der Waals surface area contributed by atoms with Gasteiger partial charge in [0.1, 0.15) is 12.1 Å². The first kappa shape index (κ1) is 14.7. The second-order valence-electron chi connectivity index (χ2n) is 3.05. The number of aliphatic hydroxyl groups is 1. The molecule has 0 heterocycles. The van der Waals surface area contributed by atoms with Crippen molar-refractivity contribution in [3.8, 4) is 0 Å². The van der Waals surface area contributed by atoms with E-state index in [9.17, 15) is 14.4 Å². The summed E-state index contributed by atoms with van der Waals surface area (Å²) in [6.07, 6.45) is -1.31. The molecule has 16 heavy (non-hydrogen) atoms. The first-order valence-electron chi connectivity index (χ1n) is 4.39. The summed E-state index contributed by atoms with van der Waals surface area (Å²) in [5.41, 5.74) is 4.81. The van der Waals surface area contributed by atoms with Crippen LogP contribution in [0.1, 0.15) is 6.92 Å². The zero-order chi connectivity index (χ0) is 12.7. The van der Waals surface area contributed by atoms with E-state index in [-0.39, 0.29) is 11.5 Å². The Balaban J connectivity index is 3.99. The van der Waals surface area contributed by atoms with Crippen LogP contribution >= 0.6 is 11.8 Å². The van der Waals surface area contributed by atoms with Crippen molar-refractivity contribution in [3.63, 3.8) is 0 Å². The van der Waals surface area contributed by atoms with E-state index in [4.69, 9.17) is 15.9 Å². The van der Waals surface area contributed by atoms with Gasteiger partial charge in [0.15, 0.2) is 0 Å². The fraction of sp³-hybridized carbons (Fsp3) is 0.625. The van der Waals surface area contributed by atoms with Gasteiger partial charge < -0.3 is 21.3 Å². The van der Waals surface area contributed by atoms with Crippen molar-refractivity contribution in [2.45, 2.75) is 19.1 Å². The first-order chi connectivity index (χ1) is 7.34. The summed E-state index contributed by atoms with van der Waals surface area (Å²) in [4.78, 5) is 31.8. The minimum Gasteiger partial charge on any atom is -0.480 e. The lowest BCUT2D eigenvalue weighted by Gasteiger charge is -2.13. The van der Waals surface area contributed by atoms with Crippen LogP contribution in [0.2, 0.25) is 0 Å². The summed E-state index contributed by atoms with van der Waals surface area (Å²) in [7, 11) is 0. The van der Waals surface area contributed by atoms with E-state index in [2.05, 4.69) is 5.32 Å². The Kier molecular flexibility index (Phi) is 6.50. The zero-order valence-corrected chi connectivity index (χ0v) is 9.49. The molecule has 0 aliphatic rings. The number of rotatable bonds is 7. The minimum atomic E-state index is -1.31. The van der Waals surface area contributed by atoms with Crippen LogP contribution in [0.15, 0.2) is 0 Å². The number of hydrogen-bond donors (Lipinski definition) is 4. The molecule has 92 valence electrons. The third-order valence-electron chi connectivity index (χ3n) is 1.56. The minimum absolute atomic E-state index is 0.00129. The maximum Gasteiger partial charge on any atom is 0.327 e. The van der Waals surface area contributed by atoms with Gasteiger partial charge in [-0.25, -0.2) is 4.79 Å². The van der Waals surface area contributed by atoms with Gasteiger partial charge in [-0.2, -0.15) is 11.8 Å². The number of carbonyl (C=O) groups excluding carboxylic acids is 2. The number of nitrogens with one attached hydrogen (secondary N) is 1. The lowest BCUT2D eigenvalue weighted by atomic mass is 10.3. The quantitative estimate of drug-likeness (QED) is 0.420. The number of thioether (sulfide) groups is 1. The third kappa shape index (κ3) is 6.25. The summed E-state index contributed by atoms with van der Waals surface area (Å²) in [5.74, 6) is -2.43. The molecule has 0 spiro atoms. The number of carbonyl (C=O) groups is 3. The maximum absolute atomic E-state index is 10.7. The maximum atomic E-state index is 10.7. The Morgan fingerprint density at radius 2 is 1.94 bits per heavy atom. The van der Waals surface area contributed by atoms with E-state index < -0.39 is 29.9 Å². The Morgan fingerprint density at radius 3 is 2.31 bits per heavy atom. The highest BCUT2D eigenvalue weighted by Crippen LogP contribution is 2.05. The number of primary amides is 1. The second-order valence-corrected chi connectivity index (χ2v) is 4.12. The van der Waals surface area contributed by atoms with Crippen molar-refractivity contribution in [1.82, 2.24) is 5.32 Å². The number of aliphatic hydroxyl groups excluding tert-OH is 1. The van der Waals surface area contributed by atoms with Crippen LogP contribution in [0.3, 0.4) is 0 Å². The molecule has 0 fully saturated rings. The Bertz CT molecular complexity index is 284. The molecule has 0 saturated carbocycles. The smallest absolute Gasteiger partial charge is 0.327 e. The van der Waals surface area contributed by atoms with Gasteiger partial charge in [0.05, 0.1) is 0 Å². The summed E-state index contributed by atoms with van der Waals surface area (Å²) < 4.78 is 0. The highest BCUT2D eigenvalue weighted by molar-refractivity contribution is 7.99. The molecule has 7 nitrogen and oxygen atoms in total. The number of hydrogen-bond acceptors (Lipinski definition) is 5. The van der Waals surface area contributed by atoms with E-state index in [0.717, 1.165) is 11.8 Å². The van der Waals surface area contributed by atoms with Gasteiger partial charge in [0, 0.05) is 18.4 Å². The lowest BCUT2D eigenvalue weighted by Crippen LogP contribution is -2.42. The molecule has 0 aromatic rings. The normalized spacial score (nSPS) is 13.9. The van der Waals surface area contributed by atoms with Crippen LogP contribution in [-0.4, -0.2) is 51.6 Å². The molecular formula is C8H14N2O5S. The molecule has 0 saturated heterocycles. The fourth-order valence-corrected chi connectivity index (χ4v) is 1.78. The van der Waals surface area contributed by atoms with Crippen molar-refractivity contribution < 1.29 is 24.6 Å². The molecule has 0 unspecified atom stereocenters. The van der Waals surface area contributed by atoms with Crippen LogP contribution in [0.5, 0.6) is 0 Å². The zero-order valence-electron chi connectivity index (χ0n) is 8.67. The average Bonchev–Trinajstić information content (AvgIpc) is 2.14. The Hall–Kier alpha value is -1.28. The summed E-state index contributed by atoms with van der Waals surface area (Å²) >= 11 is 1.02. The van der Waals surface area contributed by atoms with Gasteiger partial charge in [-0.05, 0) is 0 Å². The summed E-state index contributed by atoms with van der Waals surface area (Å²) in [6.45, 7) is 1.21. The monoisotopic (exact) mass is 250 g/mol. The number of amides is 2. The van der Waals surface area contributed by atoms with E-state index in [1.807, 2.05) is 0 Å². The molecule has 0 aliphatic heterocycles. The van der Waals surface area contributed by atoms with E-state index in [1.165, 1.54) is 6.92 Å². The van der Waals surface area contributed by atoms with Crippen molar-refractivity contribution in [2.24, 2.45) is 5.73 Å². The van der Waals surface area contributed by atoms with Crippen LogP contribution in [0.4, 0.5) is 0 Å². The van der Waals surface area contributed by atoms with E-state index >= 15 is 0 Å². The first-order valence-corrected chi connectivity index (χ1v) is 5.55. The standard InChI is InChI=1S/C8H14N2O5S/c1-4(11)10-5(8(14)15)2-16-3-6(12)7(9)13/h5-6,12H,2-3H2,1H3,(H2,9,13)(H,10,11)(H,14,15)/t5-,6-/m0/s1. The summed E-state index contributed by atoms with van der Waals surface area (Å²) in [6, 6.07) is -1.04. The third-order valence-corrected chi connectivity index (χ3v) is 2.68. The molecule has 0 bridgehead atoms. The Labute approximate surface area is 96.4 Å². The van der Waals surface area contributed by atoms with Crippen molar-refractivity contribution in [2.75, 3.05) is 11.5 Å². The number of carboxylic acids is 1. The molecule has 2 atom stereocenters. The predicted octanol–water partition coefficient (Wildman–Crippen LogP) is -1.84. The highest BCUT2D eigenvalue weighted by Gasteiger charge is 2.19. The van der Waals surface area contributed by atoms with E-state index in [1.54, 1.807) is 0 Å². The van der Waals surface area contributed by atoms with Gasteiger partial charge in [-0.1, -0.05) is 0 Å². The lowest BCUT2D eigenvalue weighted by molar-refractivity contribution is -0.140. The average molecular weight is 250 g/mol. The molecule has 0 aliphatic carbocycles. The number of nitrogens with two attached hydrogens (primary N) is 1. The van der Waals surface area contributed by atoms with Crippen LogP contribution < -0.4 is 11.1 Å². The van der Waals surface area contributed by atoms with Gasteiger partial charge in [0.25, 0.3) is 0 Å². The van der Waals surface area contributed by atoms with Crippen molar-refractivity contribution in [1.29, 1.82) is 0 Å². The molecule has 8 heteroatoms. The van der Waals surface area contributed by atoms with Gasteiger partial charge in [-0.15, -0.1) is 0 Å². The Morgan fingerprint density at radius 1 is 1.38 bits per heavy atom. The fourth-order valence-electron chi connectivity index (χ4n) is 0.800. The van der Waals surface area contributed by atoms with Gasteiger partial charge in [-0.3, -0.25) is 9.59 Å². The molecule has 5 N–H and O–H groups in total. The van der Waals surface area contributed by atoms with Gasteiger partial charge >= 0.3 is 5.97 Å². The molecular weight excluding hydrogens is 236 g/mol. The number of aliphatic carboxylic acids is 1. The largest absolute Gasteiger partial charge is 0.480 e. The molecule has 2 amide bonds. The van der Waals surface area contributed by atoms with Gasteiger partial charge in [0.2, 0.25) is 11.8 Å². The second kappa shape index (κ2) is 7.07. The predicted molar refractivity (Wildman–Crippen MR) is 57.8 cm³/mol. The molecule has 0 rings (SSSR count). The summed E-state index contributed by atoms with van der Waals surface area (Å²) in [5, 5.41) is 20.0. The SMILES string of the molecule is CC(=O)N[C@@H](CSC[C@H](O)C(N)=O)C(=O)O. The highest BCUT2D eigenvalue weighted by atomic mass is 32.2. The van der Waals surface area contributed by atoms with E-state index in [0.29, 0.717) is 0 Å². The van der Waals surface area contributed by atoms with Crippen molar-refractivity contribution >= 4 is 29.5 Å². The number of carboxylic acid groups (broad SMARTS) is 1. The molecule has 0 aromatic carbocycles. The van der Waals surface area contributed by atoms with Crippen molar-refractivity contribution in [3.05, 3.63) is 0 Å². The van der Waals surface area contributed by atoms with Crippen LogP contribution in [0.25, 0.3) is 0 Å². The molecule has 0 aromatic heterocycles. The van der Waals surface area contributed by atoms with Crippen LogP contribution in [-0.2, 0) is 14.4 Å².